The molecule has 0 spiro atoms. The summed E-state index contributed by atoms with van der Waals surface area (Å²) in [6.45, 7) is 6.71. The normalized spacial score (nSPS) is 15.1. The third-order valence-electron chi connectivity index (χ3n) is 5.20. The van der Waals surface area contributed by atoms with Crippen LogP contribution in [0.5, 0.6) is 0 Å². The van der Waals surface area contributed by atoms with Gasteiger partial charge >= 0.3 is 0 Å². The van der Waals surface area contributed by atoms with Crippen molar-refractivity contribution < 1.29 is 4.79 Å². The lowest BCUT2D eigenvalue weighted by Gasteiger charge is -2.21. The lowest BCUT2D eigenvalue weighted by atomic mass is 10.0. The molecule has 1 aliphatic heterocycles. The summed E-state index contributed by atoms with van der Waals surface area (Å²) in [6.07, 6.45) is 1.54. The van der Waals surface area contributed by atoms with Crippen molar-refractivity contribution in [2.75, 3.05) is 13.1 Å². The van der Waals surface area contributed by atoms with E-state index in [2.05, 4.69) is 44.2 Å². The number of pyridine rings is 1. The Labute approximate surface area is 168 Å². The van der Waals surface area contributed by atoms with Crippen molar-refractivity contribution in [3.8, 4) is 0 Å². The molecule has 3 aromatic rings. The molecule has 3 heterocycles. The molecule has 0 aliphatic carbocycles. The van der Waals surface area contributed by atoms with Crippen LogP contribution in [0.2, 0.25) is 0 Å². The number of hydrogen-bond acceptors (Lipinski definition) is 5. The molecule has 1 atom stereocenters. The number of H-pyrrole nitrogens is 1. The van der Waals surface area contributed by atoms with Crippen LogP contribution >= 0.6 is 0 Å². The van der Waals surface area contributed by atoms with Crippen LogP contribution in [0.25, 0.3) is 10.9 Å². The van der Waals surface area contributed by atoms with Crippen LogP contribution < -0.4 is 16.1 Å². The predicted molar refractivity (Wildman–Crippen MR) is 111 cm³/mol. The Kier molecular flexibility index (Phi) is 5.44. The first kappa shape index (κ1) is 19.3. The summed E-state index contributed by atoms with van der Waals surface area (Å²) in [5.41, 5.74) is 0.722. The minimum absolute atomic E-state index is 0.174. The minimum atomic E-state index is -0.317. The molecule has 0 fully saturated rings. The SMILES string of the molecule is CC(C)CC(NC(=O)c1cc(=O)c2ccccc2[nH]1)c1nnc2n1CCNCC2. The highest BCUT2D eigenvalue weighted by Gasteiger charge is 2.25. The highest BCUT2D eigenvalue weighted by molar-refractivity contribution is 5.95. The summed E-state index contributed by atoms with van der Waals surface area (Å²) in [4.78, 5) is 28.5. The van der Waals surface area contributed by atoms with E-state index in [1.54, 1.807) is 12.1 Å². The Bertz CT molecular complexity index is 1080. The quantitative estimate of drug-likeness (QED) is 0.612. The molecule has 0 saturated carbocycles. The molecular formula is C21H26N6O2. The number of hydrogen-bond donors (Lipinski definition) is 3. The largest absolute Gasteiger partial charge is 0.350 e. The number of aromatic amines is 1. The molecule has 1 amide bonds. The number of carbonyl (C=O) groups is 1. The van der Waals surface area contributed by atoms with Gasteiger partial charge in [-0.1, -0.05) is 26.0 Å². The van der Waals surface area contributed by atoms with E-state index in [0.29, 0.717) is 16.8 Å². The summed E-state index contributed by atoms with van der Waals surface area (Å²) in [6, 6.07) is 8.26. The van der Waals surface area contributed by atoms with Crippen LogP contribution in [0.4, 0.5) is 0 Å². The Morgan fingerprint density at radius 1 is 1.24 bits per heavy atom. The maximum Gasteiger partial charge on any atom is 0.268 e. The first-order valence-corrected chi connectivity index (χ1v) is 10.1. The van der Waals surface area contributed by atoms with Gasteiger partial charge in [0.1, 0.15) is 11.5 Å². The van der Waals surface area contributed by atoms with E-state index in [1.807, 2.05) is 12.1 Å². The van der Waals surface area contributed by atoms with Gasteiger partial charge in [-0.25, -0.2) is 0 Å². The number of rotatable bonds is 5. The van der Waals surface area contributed by atoms with Crippen molar-refractivity contribution in [1.82, 2.24) is 30.4 Å². The standard InChI is InChI=1S/C21H26N6O2/c1-13(2)11-16(20-26-25-19-7-8-22-9-10-27(19)20)24-21(29)17-12-18(28)14-5-3-4-6-15(14)23-17/h3-6,12-13,16,22H,7-11H2,1-2H3,(H,23,28)(H,24,29). The molecule has 152 valence electrons. The smallest absolute Gasteiger partial charge is 0.268 e. The van der Waals surface area contributed by atoms with Crippen LogP contribution in [0.1, 0.15) is 48.4 Å². The van der Waals surface area contributed by atoms with Crippen LogP contribution in [-0.2, 0) is 13.0 Å². The molecule has 0 saturated heterocycles. The summed E-state index contributed by atoms with van der Waals surface area (Å²) in [5, 5.41) is 15.8. The maximum absolute atomic E-state index is 13.0. The Hall–Kier alpha value is -3.00. The Balaban J connectivity index is 1.65. The second kappa shape index (κ2) is 8.16. The number of amides is 1. The fourth-order valence-electron chi connectivity index (χ4n) is 3.81. The molecule has 3 N–H and O–H groups in total. The first-order chi connectivity index (χ1) is 14.0. The summed E-state index contributed by atoms with van der Waals surface area (Å²) in [5.74, 6) is 1.75. The average molecular weight is 394 g/mol. The second-order valence-electron chi connectivity index (χ2n) is 7.87. The van der Waals surface area contributed by atoms with E-state index in [0.717, 1.165) is 44.1 Å². The van der Waals surface area contributed by atoms with E-state index in [1.165, 1.54) is 6.07 Å². The van der Waals surface area contributed by atoms with E-state index in [4.69, 9.17) is 0 Å². The molecule has 29 heavy (non-hydrogen) atoms. The topological polar surface area (TPSA) is 105 Å². The minimum Gasteiger partial charge on any atom is -0.350 e. The van der Waals surface area contributed by atoms with Crippen LogP contribution in [0.15, 0.2) is 35.1 Å². The highest BCUT2D eigenvalue weighted by atomic mass is 16.2. The van der Waals surface area contributed by atoms with Gasteiger partial charge in [-0.05, 0) is 24.5 Å². The number of nitrogens with zero attached hydrogens (tertiary/aromatic N) is 3. The monoisotopic (exact) mass is 394 g/mol. The second-order valence-corrected chi connectivity index (χ2v) is 7.87. The van der Waals surface area contributed by atoms with Crippen molar-refractivity contribution in [2.24, 2.45) is 5.92 Å². The van der Waals surface area contributed by atoms with Crippen LogP contribution in [-0.4, -0.2) is 38.7 Å². The highest BCUT2D eigenvalue weighted by Crippen LogP contribution is 2.22. The number of aromatic nitrogens is 4. The zero-order valence-electron chi connectivity index (χ0n) is 16.7. The van der Waals surface area contributed by atoms with Gasteiger partial charge in [0.25, 0.3) is 5.91 Å². The van der Waals surface area contributed by atoms with Crippen molar-refractivity contribution in [2.45, 2.75) is 39.3 Å². The van der Waals surface area contributed by atoms with Crippen LogP contribution in [0.3, 0.4) is 0 Å². The molecule has 1 aliphatic rings. The zero-order valence-corrected chi connectivity index (χ0v) is 16.7. The van der Waals surface area contributed by atoms with Crippen LogP contribution in [0, 0.1) is 5.92 Å². The Morgan fingerprint density at radius 2 is 2.07 bits per heavy atom. The molecule has 1 unspecified atom stereocenters. The molecule has 1 aromatic carbocycles. The van der Waals surface area contributed by atoms with Gasteiger partial charge in [-0.3, -0.25) is 9.59 Å². The zero-order chi connectivity index (χ0) is 20.4. The summed E-state index contributed by atoms with van der Waals surface area (Å²) in [7, 11) is 0. The fourth-order valence-corrected chi connectivity index (χ4v) is 3.81. The summed E-state index contributed by atoms with van der Waals surface area (Å²) < 4.78 is 2.11. The van der Waals surface area contributed by atoms with Crippen molar-refractivity contribution in [3.63, 3.8) is 0 Å². The lowest BCUT2D eigenvalue weighted by molar-refractivity contribution is 0.0924. The Morgan fingerprint density at radius 3 is 2.90 bits per heavy atom. The van der Waals surface area contributed by atoms with Crippen molar-refractivity contribution in [3.05, 3.63) is 57.9 Å². The summed E-state index contributed by atoms with van der Waals surface area (Å²) >= 11 is 0. The molecule has 4 rings (SSSR count). The molecular weight excluding hydrogens is 368 g/mol. The number of benzene rings is 1. The van der Waals surface area contributed by atoms with E-state index in [9.17, 15) is 9.59 Å². The number of carbonyl (C=O) groups excluding carboxylic acids is 1. The number of para-hydroxylation sites is 1. The van der Waals surface area contributed by atoms with Gasteiger partial charge in [0.2, 0.25) is 0 Å². The number of fused-ring (bicyclic) bond motifs is 2. The molecule has 0 bridgehead atoms. The fraction of sp³-hybridized carbons (Fsp3) is 0.429. The van der Waals surface area contributed by atoms with Crippen molar-refractivity contribution >= 4 is 16.8 Å². The maximum atomic E-state index is 13.0. The predicted octanol–water partition coefficient (Wildman–Crippen LogP) is 1.78. The van der Waals surface area contributed by atoms with E-state index < -0.39 is 0 Å². The first-order valence-electron chi connectivity index (χ1n) is 10.1. The van der Waals surface area contributed by atoms with Gasteiger partial charge in [0, 0.05) is 43.0 Å². The van der Waals surface area contributed by atoms with E-state index >= 15 is 0 Å². The van der Waals surface area contributed by atoms with Gasteiger partial charge in [-0.15, -0.1) is 10.2 Å². The van der Waals surface area contributed by atoms with Gasteiger partial charge in [0.15, 0.2) is 11.3 Å². The van der Waals surface area contributed by atoms with Gasteiger partial charge < -0.3 is 20.2 Å². The third kappa shape index (κ3) is 4.07. The third-order valence-corrected chi connectivity index (χ3v) is 5.20. The molecule has 8 nitrogen and oxygen atoms in total. The molecule has 8 heteroatoms. The molecule has 2 aromatic heterocycles. The molecule has 0 radical (unpaired) electrons. The lowest BCUT2D eigenvalue weighted by Crippen LogP contribution is -2.33. The van der Waals surface area contributed by atoms with Crippen molar-refractivity contribution in [1.29, 1.82) is 0 Å². The number of nitrogens with one attached hydrogen (secondary N) is 3. The van der Waals surface area contributed by atoms with E-state index in [-0.39, 0.29) is 23.1 Å². The average Bonchev–Trinajstić information content (AvgIpc) is 2.95. The van der Waals surface area contributed by atoms with Gasteiger partial charge in [0.05, 0.1) is 6.04 Å². The van der Waals surface area contributed by atoms with Gasteiger partial charge in [-0.2, -0.15) is 0 Å².